The summed E-state index contributed by atoms with van der Waals surface area (Å²) in [7, 11) is 0. The van der Waals surface area contributed by atoms with Crippen LogP contribution >= 0.6 is 0 Å². The molecule has 3 aromatic rings. The molecule has 3 aromatic carbocycles. The summed E-state index contributed by atoms with van der Waals surface area (Å²) in [6, 6.07) is 14.8. The summed E-state index contributed by atoms with van der Waals surface area (Å²) >= 11 is 0. The minimum atomic E-state index is -4.44. The first-order valence-electron chi connectivity index (χ1n) is 14.5. The van der Waals surface area contributed by atoms with Crippen molar-refractivity contribution in [1.82, 2.24) is 0 Å². The second kappa shape index (κ2) is 17.7. The maximum absolute atomic E-state index is 14.7. The topological polar surface area (TPSA) is 132 Å². The fraction of sp³-hybridized carbons (Fsp3) is 0.333. The van der Waals surface area contributed by atoms with Crippen LogP contribution in [0, 0.1) is 0 Å². The van der Waals surface area contributed by atoms with Gasteiger partial charge in [-0.2, -0.15) is 22.0 Å². The number of hydrogen-bond donors (Lipinski definition) is 2. The van der Waals surface area contributed by atoms with E-state index >= 15 is 0 Å². The molecule has 0 unspecified atom stereocenters. The molecule has 0 spiro atoms. The zero-order valence-electron chi connectivity index (χ0n) is 25.3. The third-order valence-electron chi connectivity index (χ3n) is 6.22. The quantitative estimate of drug-likeness (QED) is 0.0489. The van der Waals surface area contributed by atoms with Crippen LogP contribution in [0.1, 0.15) is 47.2 Å². The molecule has 3 rings (SSSR count). The minimum Gasteiger partial charge on any atom is -0.491 e. The Balaban J connectivity index is 1.30. The summed E-state index contributed by atoms with van der Waals surface area (Å²) in [5.74, 6) is -1.01. The molecule has 0 aliphatic heterocycles. The number of nitrogens with two attached hydrogens (primary N) is 2. The molecule has 0 fully saturated rings. The Morgan fingerprint density at radius 1 is 0.702 bits per heavy atom. The van der Waals surface area contributed by atoms with Crippen molar-refractivity contribution >= 4 is 29.4 Å². The Morgan fingerprint density at radius 3 is 1.91 bits per heavy atom. The van der Waals surface area contributed by atoms with Crippen LogP contribution < -0.4 is 20.9 Å². The van der Waals surface area contributed by atoms with Gasteiger partial charge in [0.2, 0.25) is 0 Å². The zero-order valence-corrected chi connectivity index (χ0v) is 25.3. The second-order valence-corrected chi connectivity index (χ2v) is 10.2. The van der Waals surface area contributed by atoms with Crippen molar-refractivity contribution in [3.8, 4) is 11.5 Å². The van der Waals surface area contributed by atoms with Crippen LogP contribution in [-0.2, 0) is 25.1 Å². The van der Waals surface area contributed by atoms with E-state index in [9.17, 15) is 31.5 Å². The van der Waals surface area contributed by atoms with Gasteiger partial charge in [-0.1, -0.05) is 12.1 Å². The number of alkyl halides is 5. The van der Waals surface area contributed by atoms with E-state index in [0.29, 0.717) is 35.3 Å². The van der Waals surface area contributed by atoms with Gasteiger partial charge in [-0.15, -0.1) is 0 Å². The lowest BCUT2D eigenvalue weighted by atomic mass is 10.2. The number of carbonyl (C=O) groups is 2. The van der Waals surface area contributed by atoms with Crippen LogP contribution in [0.3, 0.4) is 0 Å². The Kier molecular flexibility index (Phi) is 13.8. The summed E-state index contributed by atoms with van der Waals surface area (Å²) in [5, 5.41) is 0. The molecule has 0 bridgehead atoms. The van der Waals surface area contributed by atoms with Crippen LogP contribution in [-0.4, -0.2) is 51.1 Å². The van der Waals surface area contributed by atoms with Gasteiger partial charge >= 0.3 is 24.2 Å². The van der Waals surface area contributed by atoms with Crippen molar-refractivity contribution in [3.63, 3.8) is 0 Å². The van der Waals surface area contributed by atoms with Gasteiger partial charge in [-0.05, 0) is 91.9 Å². The summed E-state index contributed by atoms with van der Waals surface area (Å²) in [6.45, 7) is -1.47. The highest BCUT2D eigenvalue weighted by Crippen LogP contribution is 2.32. The lowest BCUT2D eigenvalue weighted by Gasteiger charge is -2.18. The van der Waals surface area contributed by atoms with Gasteiger partial charge in [-0.25, -0.2) is 9.59 Å². The Labute approximate surface area is 268 Å². The third kappa shape index (κ3) is 14.0. The molecule has 0 aliphatic rings. The van der Waals surface area contributed by atoms with E-state index in [1.54, 1.807) is 6.07 Å². The van der Waals surface area contributed by atoms with E-state index < -0.39 is 36.4 Å². The van der Waals surface area contributed by atoms with E-state index in [4.69, 9.17) is 30.4 Å². The van der Waals surface area contributed by atoms with Gasteiger partial charge in [0.15, 0.2) is 0 Å². The number of halogens is 5. The van der Waals surface area contributed by atoms with E-state index in [0.717, 1.165) is 25.0 Å². The monoisotopic (exact) mass is 666 g/mol. The molecule has 0 radical (unpaired) electrons. The fourth-order valence-electron chi connectivity index (χ4n) is 3.99. The lowest BCUT2D eigenvalue weighted by molar-refractivity contribution is -0.185. The van der Waals surface area contributed by atoms with E-state index in [2.05, 4.69) is 4.74 Å². The molecule has 0 aromatic heterocycles. The van der Waals surface area contributed by atoms with Crippen molar-refractivity contribution in [2.75, 3.05) is 44.5 Å². The molecule has 0 atom stereocenters. The lowest BCUT2D eigenvalue weighted by Crippen LogP contribution is -2.21. The number of hydrogen-bond acceptors (Lipinski definition) is 9. The number of unbranched alkanes of at least 4 members (excludes halogenated alkanes) is 3. The maximum Gasteiger partial charge on any atom is 0.426 e. The first-order valence-corrected chi connectivity index (χ1v) is 14.5. The number of nitrogen functional groups attached to an aromatic ring is 2. The number of esters is 2. The molecule has 254 valence electrons. The number of rotatable bonds is 18. The molecule has 47 heavy (non-hydrogen) atoms. The van der Waals surface area contributed by atoms with Crippen LogP contribution in [0.2, 0.25) is 0 Å². The highest BCUT2D eigenvalue weighted by Gasteiger charge is 2.34. The van der Waals surface area contributed by atoms with Gasteiger partial charge < -0.3 is 35.2 Å². The van der Waals surface area contributed by atoms with Crippen molar-refractivity contribution in [2.45, 2.75) is 38.0 Å². The van der Waals surface area contributed by atoms with Gasteiger partial charge in [0, 0.05) is 17.5 Å². The molecule has 14 heteroatoms. The van der Waals surface area contributed by atoms with Crippen LogP contribution in [0.5, 0.6) is 11.5 Å². The van der Waals surface area contributed by atoms with E-state index in [1.165, 1.54) is 60.7 Å². The van der Waals surface area contributed by atoms with E-state index in [1.807, 2.05) is 0 Å². The summed E-state index contributed by atoms with van der Waals surface area (Å²) in [6.07, 6.45) is -2.66. The smallest absolute Gasteiger partial charge is 0.426 e. The summed E-state index contributed by atoms with van der Waals surface area (Å²) in [5.41, 5.74) is 12.5. The molecule has 0 saturated heterocycles. The van der Waals surface area contributed by atoms with Crippen LogP contribution in [0.15, 0.2) is 72.8 Å². The SMILES string of the molecule is Nc1cc(N)cc(C(=O)OCCCCCCOC(=O)C=Cc2ccc(OC(F)(F)c3ccc(OCCOCC(F)(F)F)cc3)cc2)c1. The van der Waals surface area contributed by atoms with Gasteiger partial charge in [0.25, 0.3) is 0 Å². The number of benzene rings is 3. The van der Waals surface area contributed by atoms with Crippen molar-refractivity contribution in [3.05, 3.63) is 89.5 Å². The standard InChI is InChI=1S/C33H35F5N2O7/c34-32(35,36)22-43-17-18-44-28-12-8-25(9-13-28)33(37,38)47-29-10-5-23(6-11-29)7-14-30(41)45-15-3-1-2-4-16-46-31(42)24-19-26(39)21-27(40)20-24/h5-14,19-21H,1-4,15-18,22,39-40H2. The molecular weight excluding hydrogens is 631 g/mol. The fourth-order valence-corrected chi connectivity index (χ4v) is 3.99. The maximum atomic E-state index is 14.7. The number of ether oxygens (including phenoxy) is 5. The molecule has 0 amide bonds. The Bertz CT molecular complexity index is 1440. The van der Waals surface area contributed by atoms with Crippen molar-refractivity contribution < 1.29 is 55.2 Å². The normalized spacial score (nSPS) is 11.8. The average Bonchev–Trinajstić information content (AvgIpc) is 3.00. The molecule has 0 saturated carbocycles. The molecule has 9 nitrogen and oxygen atoms in total. The van der Waals surface area contributed by atoms with Gasteiger partial charge in [0.1, 0.15) is 24.7 Å². The Hall–Kier alpha value is -4.85. The average molecular weight is 667 g/mol. The molecule has 0 aliphatic carbocycles. The highest BCUT2D eigenvalue weighted by molar-refractivity contribution is 5.91. The van der Waals surface area contributed by atoms with Crippen molar-refractivity contribution in [2.24, 2.45) is 0 Å². The Morgan fingerprint density at radius 2 is 1.30 bits per heavy atom. The molecular formula is C33H35F5N2O7. The summed E-state index contributed by atoms with van der Waals surface area (Å²) in [4.78, 5) is 24.1. The third-order valence-corrected chi connectivity index (χ3v) is 6.22. The van der Waals surface area contributed by atoms with E-state index in [-0.39, 0.29) is 37.9 Å². The second-order valence-electron chi connectivity index (χ2n) is 10.2. The van der Waals surface area contributed by atoms with Gasteiger partial charge in [0.05, 0.1) is 30.9 Å². The van der Waals surface area contributed by atoms with Crippen LogP contribution in [0.4, 0.5) is 33.3 Å². The number of anilines is 2. The molecule has 4 N–H and O–H groups in total. The predicted molar refractivity (Wildman–Crippen MR) is 164 cm³/mol. The first-order chi connectivity index (χ1) is 22.3. The largest absolute Gasteiger partial charge is 0.491 e. The van der Waals surface area contributed by atoms with Crippen molar-refractivity contribution in [1.29, 1.82) is 0 Å². The van der Waals surface area contributed by atoms with Crippen LogP contribution in [0.25, 0.3) is 6.08 Å². The molecule has 0 heterocycles. The first kappa shape index (κ1) is 36.6. The number of carbonyl (C=O) groups excluding carboxylic acids is 2. The predicted octanol–water partition coefficient (Wildman–Crippen LogP) is 6.91. The van der Waals surface area contributed by atoms with Gasteiger partial charge in [-0.3, -0.25) is 0 Å². The highest BCUT2D eigenvalue weighted by atomic mass is 19.4. The minimum absolute atomic E-state index is 0.124. The summed E-state index contributed by atoms with van der Waals surface area (Å²) < 4.78 is 90.3. The zero-order chi connectivity index (χ0) is 34.3.